The van der Waals surface area contributed by atoms with Gasteiger partial charge in [0, 0.05) is 0 Å². The molecule has 0 unspecified atom stereocenters. The largest absolute Gasteiger partial charge is 0.394 e. The summed E-state index contributed by atoms with van der Waals surface area (Å²) in [5, 5.41) is 69.2. The third kappa shape index (κ3) is 5.26. The predicted octanol–water partition coefficient (Wildman–Crippen LogP) is -3.41. The maximum atomic E-state index is 10.4. The average Bonchev–Trinajstić information content (AvgIpc) is 2.70. The van der Waals surface area contributed by atoms with E-state index in [2.05, 4.69) is 6.58 Å². The molecule has 7 N–H and O–H groups in total. The van der Waals surface area contributed by atoms with E-state index in [1.54, 1.807) is 6.08 Å². The Bertz CT molecular complexity index is 474. The third-order valence-electron chi connectivity index (χ3n) is 4.80. The summed E-state index contributed by atoms with van der Waals surface area (Å²) in [5.74, 6) is 0. The molecule has 2 aliphatic heterocycles. The second-order valence-electron chi connectivity index (χ2n) is 6.81. The molecule has 2 aliphatic rings. The number of unbranched alkanes of at least 4 members (excludes halogenated alkanes) is 1. The zero-order valence-electron chi connectivity index (χ0n) is 15.4. The zero-order valence-corrected chi connectivity index (χ0v) is 15.4. The Morgan fingerprint density at radius 2 is 1.39 bits per heavy atom. The van der Waals surface area contributed by atoms with Gasteiger partial charge >= 0.3 is 0 Å². The molecule has 11 nitrogen and oxygen atoms in total. The molecule has 0 aromatic heterocycles. The molecule has 11 heteroatoms. The minimum atomic E-state index is -1.70. The highest BCUT2D eigenvalue weighted by molar-refractivity contribution is 4.94. The van der Waals surface area contributed by atoms with Crippen LogP contribution in [0, 0.1) is 0 Å². The summed E-state index contributed by atoms with van der Waals surface area (Å²) in [5.41, 5.74) is 0. The number of ether oxygens (including phenoxy) is 4. The molecule has 0 aromatic carbocycles. The summed E-state index contributed by atoms with van der Waals surface area (Å²) < 4.78 is 21.5. The number of allylic oxidation sites excluding steroid dienone is 1. The lowest BCUT2D eigenvalue weighted by atomic mass is 9.97. The molecule has 0 amide bonds. The van der Waals surface area contributed by atoms with Crippen molar-refractivity contribution in [3.63, 3.8) is 0 Å². The lowest BCUT2D eigenvalue weighted by Gasteiger charge is -2.45. The Labute approximate surface area is 162 Å². The minimum absolute atomic E-state index is 0.233. The van der Waals surface area contributed by atoms with Crippen molar-refractivity contribution in [3.8, 4) is 0 Å². The van der Waals surface area contributed by atoms with E-state index in [-0.39, 0.29) is 6.61 Å². The van der Waals surface area contributed by atoms with Gasteiger partial charge in [0.15, 0.2) is 12.6 Å². The van der Waals surface area contributed by atoms with E-state index >= 15 is 0 Å². The fourth-order valence-corrected chi connectivity index (χ4v) is 3.12. The second-order valence-corrected chi connectivity index (χ2v) is 6.81. The van der Waals surface area contributed by atoms with Crippen LogP contribution in [0.25, 0.3) is 0 Å². The zero-order chi connectivity index (χ0) is 20.8. The molecule has 0 aromatic rings. The fourth-order valence-electron chi connectivity index (χ4n) is 3.12. The molecule has 0 aliphatic carbocycles. The first-order valence-corrected chi connectivity index (χ1v) is 9.16. The van der Waals surface area contributed by atoms with Crippen molar-refractivity contribution in [2.24, 2.45) is 0 Å². The first kappa shape index (κ1) is 23.6. The summed E-state index contributed by atoms with van der Waals surface area (Å²) in [7, 11) is 0. The Kier molecular flexibility index (Phi) is 9.18. The summed E-state index contributed by atoms with van der Waals surface area (Å²) >= 11 is 0. The molecule has 2 rings (SSSR count). The number of hydrogen-bond donors (Lipinski definition) is 7. The van der Waals surface area contributed by atoms with Gasteiger partial charge in [0.25, 0.3) is 0 Å². The van der Waals surface area contributed by atoms with E-state index in [9.17, 15) is 35.7 Å². The maximum absolute atomic E-state index is 10.4. The van der Waals surface area contributed by atoms with Gasteiger partial charge < -0.3 is 54.7 Å². The SMILES string of the molecule is C=CCCCO[C@@H]1O[C@H](CO)[C@@H](O[C@@H]2O[C@H](CO)[C@H](O)[C@H](O)[C@H]2O)[C@H](O)[C@H]1O. The molecular formula is C17H30O11. The van der Waals surface area contributed by atoms with Gasteiger partial charge in [-0.15, -0.1) is 6.58 Å². The van der Waals surface area contributed by atoms with Crippen LogP contribution >= 0.6 is 0 Å². The van der Waals surface area contributed by atoms with E-state index < -0.39 is 74.6 Å². The normalized spacial score (nSPS) is 44.4. The quantitative estimate of drug-likeness (QED) is 0.149. The molecule has 2 heterocycles. The molecule has 2 saturated heterocycles. The summed E-state index contributed by atoms with van der Waals surface area (Å²) in [6, 6.07) is 0. The van der Waals surface area contributed by atoms with Crippen molar-refractivity contribution in [3.05, 3.63) is 12.7 Å². The van der Waals surface area contributed by atoms with Crippen LogP contribution in [0.3, 0.4) is 0 Å². The molecule has 0 radical (unpaired) electrons. The van der Waals surface area contributed by atoms with Gasteiger partial charge in [0.2, 0.25) is 0 Å². The maximum Gasteiger partial charge on any atom is 0.187 e. The van der Waals surface area contributed by atoms with Crippen molar-refractivity contribution in [1.29, 1.82) is 0 Å². The van der Waals surface area contributed by atoms with Crippen LogP contribution < -0.4 is 0 Å². The molecule has 0 spiro atoms. The predicted molar refractivity (Wildman–Crippen MR) is 91.8 cm³/mol. The number of aliphatic hydroxyl groups excluding tert-OH is 7. The van der Waals surface area contributed by atoms with Crippen LogP contribution in [0.15, 0.2) is 12.7 Å². The highest BCUT2D eigenvalue weighted by Crippen LogP contribution is 2.29. The van der Waals surface area contributed by atoms with Crippen molar-refractivity contribution in [2.45, 2.75) is 74.3 Å². The number of aliphatic hydroxyl groups is 7. The number of hydrogen-bond acceptors (Lipinski definition) is 11. The lowest BCUT2D eigenvalue weighted by molar-refractivity contribution is -0.359. The Balaban J connectivity index is 2.03. The highest BCUT2D eigenvalue weighted by atomic mass is 16.7. The van der Waals surface area contributed by atoms with E-state index in [1.165, 1.54) is 0 Å². The van der Waals surface area contributed by atoms with Gasteiger partial charge in [-0.25, -0.2) is 0 Å². The van der Waals surface area contributed by atoms with Crippen LogP contribution in [0.2, 0.25) is 0 Å². The van der Waals surface area contributed by atoms with E-state index in [1.807, 2.05) is 0 Å². The second kappa shape index (κ2) is 10.9. The molecule has 10 atom stereocenters. The monoisotopic (exact) mass is 410 g/mol. The first-order valence-electron chi connectivity index (χ1n) is 9.16. The van der Waals surface area contributed by atoms with Crippen LogP contribution in [0.5, 0.6) is 0 Å². The van der Waals surface area contributed by atoms with Crippen LogP contribution in [-0.4, -0.2) is 117 Å². The van der Waals surface area contributed by atoms with Crippen molar-refractivity contribution in [2.75, 3.05) is 19.8 Å². The van der Waals surface area contributed by atoms with Crippen molar-refractivity contribution >= 4 is 0 Å². The Morgan fingerprint density at radius 3 is 2.00 bits per heavy atom. The number of rotatable bonds is 9. The van der Waals surface area contributed by atoms with Gasteiger partial charge in [-0.1, -0.05) is 6.08 Å². The van der Waals surface area contributed by atoms with Crippen LogP contribution in [0.1, 0.15) is 12.8 Å². The molecule has 0 bridgehead atoms. The lowest BCUT2D eigenvalue weighted by Crippen LogP contribution is -2.64. The van der Waals surface area contributed by atoms with E-state index in [0.29, 0.717) is 12.8 Å². The first-order chi connectivity index (χ1) is 13.3. The van der Waals surface area contributed by atoms with Crippen molar-refractivity contribution in [1.82, 2.24) is 0 Å². The van der Waals surface area contributed by atoms with E-state index in [4.69, 9.17) is 18.9 Å². The molecule has 164 valence electrons. The Morgan fingerprint density at radius 1 is 0.786 bits per heavy atom. The van der Waals surface area contributed by atoms with Gasteiger partial charge in [0.05, 0.1) is 19.8 Å². The smallest absolute Gasteiger partial charge is 0.187 e. The summed E-state index contributed by atoms with van der Waals surface area (Å²) in [4.78, 5) is 0. The molecule has 2 fully saturated rings. The standard InChI is InChI=1S/C17H30O11/c1-2-3-4-5-25-16-14(24)12(22)15(9(7-19)27-16)28-17-13(23)11(21)10(20)8(6-18)26-17/h2,8-24H,1,3-7H2/t8-,9-,10+,11+,12-,13-,14-,15-,16-,17+/m1/s1. The third-order valence-corrected chi connectivity index (χ3v) is 4.80. The highest BCUT2D eigenvalue weighted by Gasteiger charge is 2.50. The Hall–Kier alpha value is -0.700. The van der Waals surface area contributed by atoms with Gasteiger partial charge in [-0.05, 0) is 12.8 Å². The van der Waals surface area contributed by atoms with E-state index in [0.717, 1.165) is 0 Å². The minimum Gasteiger partial charge on any atom is -0.394 e. The van der Waals surface area contributed by atoms with Crippen molar-refractivity contribution < 1.29 is 54.7 Å². The van der Waals surface area contributed by atoms with Gasteiger partial charge in [-0.2, -0.15) is 0 Å². The topological polar surface area (TPSA) is 179 Å². The van der Waals surface area contributed by atoms with Gasteiger partial charge in [0.1, 0.15) is 48.8 Å². The van der Waals surface area contributed by atoms with Crippen LogP contribution in [-0.2, 0) is 18.9 Å². The molecular weight excluding hydrogens is 380 g/mol. The summed E-state index contributed by atoms with van der Waals surface area (Å²) in [6.07, 6.45) is -11.4. The molecule has 28 heavy (non-hydrogen) atoms. The molecule has 0 saturated carbocycles. The van der Waals surface area contributed by atoms with Crippen LogP contribution in [0.4, 0.5) is 0 Å². The average molecular weight is 410 g/mol. The summed E-state index contributed by atoms with van der Waals surface area (Å²) in [6.45, 7) is 2.57. The fraction of sp³-hybridized carbons (Fsp3) is 0.882. The van der Waals surface area contributed by atoms with Gasteiger partial charge in [-0.3, -0.25) is 0 Å².